The van der Waals surface area contributed by atoms with E-state index in [1.807, 2.05) is 20.8 Å². The largest absolute Gasteiger partial charge is 0.433 e. The number of pyridine rings is 2. The quantitative estimate of drug-likeness (QED) is 0.444. The Morgan fingerprint density at radius 3 is 2.23 bits per heavy atom. The van der Waals surface area contributed by atoms with Gasteiger partial charge in [0.15, 0.2) is 11.6 Å². The SMILES string of the molecule is CC(C)(C)Nc1cc(Nc2ccnc(C(F)(F)F)c2)nc(-c2nc(F)ccc2F)n1. The molecule has 0 fully saturated rings. The molecule has 0 aliphatic rings. The molecule has 3 aromatic rings. The molecule has 0 aliphatic heterocycles. The topological polar surface area (TPSA) is 75.6 Å². The fourth-order valence-electron chi connectivity index (χ4n) is 2.45. The number of rotatable bonds is 4. The van der Waals surface area contributed by atoms with Gasteiger partial charge >= 0.3 is 6.18 Å². The van der Waals surface area contributed by atoms with E-state index >= 15 is 0 Å². The van der Waals surface area contributed by atoms with Gasteiger partial charge in [-0.3, -0.25) is 4.98 Å². The second-order valence-electron chi connectivity index (χ2n) is 7.35. The lowest BCUT2D eigenvalue weighted by Crippen LogP contribution is -2.27. The van der Waals surface area contributed by atoms with E-state index in [4.69, 9.17) is 0 Å². The van der Waals surface area contributed by atoms with E-state index in [0.717, 1.165) is 24.4 Å². The highest BCUT2D eigenvalue weighted by Gasteiger charge is 2.32. The van der Waals surface area contributed by atoms with Crippen LogP contribution in [0.5, 0.6) is 0 Å². The molecule has 2 N–H and O–H groups in total. The summed E-state index contributed by atoms with van der Waals surface area (Å²) in [6, 6.07) is 5.29. The smallest absolute Gasteiger partial charge is 0.365 e. The molecular weight excluding hydrogens is 407 g/mol. The summed E-state index contributed by atoms with van der Waals surface area (Å²) in [5, 5.41) is 5.77. The first kappa shape index (κ1) is 21.3. The molecule has 0 saturated carbocycles. The third kappa shape index (κ3) is 5.37. The van der Waals surface area contributed by atoms with Crippen LogP contribution in [0.25, 0.3) is 11.5 Å². The van der Waals surface area contributed by atoms with Crippen LogP contribution >= 0.6 is 0 Å². The molecular formula is C19H17F5N6. The standard InChI is InChI=1S/C19H17F5N6/c1-18(2,3)30-15-9-14(26-10-6-7-25-12(8-10)19(22,23)24)28-17(29-15)16-11(20)4-5-13(21)27-16/h4-9H,1-3H3,(H2,25,26,28,29,30). The Kier molecular flexibility index (Phi) is 5.55. The van der Waals surface area contributed by atoms with Crippen molar-refractivity contribution >= 4 is 17.3 Å². The van der Waals surface area contributed by atoms with E-state index in [0.29, 0.717) is 0 Å². The van der Waals surface area contributed by atoms with Crippen LogP contribution in [0, 0.1) is 11.8 Å². The second kappa shape index (κ2) is 7.81. The Bertz CT molecular complexity index is 1060. The van der Waals surface area contributed by atoms with Crippen molar-refractivity contribution in [2.45, 2.75) is 32.5 Å². The van der Waals surface area contributed by atoms with Crippen LogP contribution < -0.4 is 10.6 Å². The normalized spacial score (nSPS) is 12.0. The molecule has 0 aliphatic carbocycles. The lowest BCUT2D eigenvalue weighted by molar-refractivity contribution is -0.141. The summed E-state index contributed by atoms with van der Waals surface area (Å²) in [6.07, 6.45) is -3.63. The molecule has 3 rings (SSSR count). The van der Waals surface area contributed by atoms with Crippen molar-refractivity contribution < 1.29 is 22.0 Å². The first-order chi connectivity index (χ1) is 13.9. The molecule has 3 aromatic heterocycles. The van der Waals surface area contributed by atoms with Gasteiger partial charge in [-0.1, -0.05) is 0 Å². The molecule has 0 atom stereocenters. The molecule has 158 valence electrons. The maximum atomic E-state index is 14.2. The average molecular weight is 424 g/mol. The first-order valence-corrected chi connectivity index (χ1v) is 8.71. The number of nitrogens with zero attached hydrogens (tertiary/aromatic N) is 4. The Balaban J connectivity index is 2.06. The van der Waals surface area contributed by atoms with Crippen molar-refractivity contribution in [3.63, 3.8) is 0 Å². The minimum atomic E-state index is -4.62. The third-order valence-electron chi connectivity index (χ3n) is 3.58. The first-order valence-electron chi connectivity index (χ1n) is 8.71. The lowest BCUT2D eigenvalue weighted by atomic mass is 10.1. The minimum absolute atomic E-state index is 0.0522. The highest BCUT2D eigenvalue weighted by atomic mass is 19.4. The summed E-state index contributed by atoms with van der Waals surface area (Å²) >= 11 is 0. The van der Waals surface area contributed by atoms with Gasteiger partial charge in [0, 0.05) is 23.5 Å². The highest BCUT2D eigenvalue weighted by Crippen LogP contribution is 2.30. The number of aromatic nitrogens is 4. The molecule has 0 bridgehead atoms. The van der Waals surface area contributed by atoms with Crippen molar-refractivity contribution in [1.29, 1.82) is 0 Å². The number of halogens is 5. The summed E-state index contributed by atoms with van der Waals surface area (Å²) in [7, 11) is 0. The van der Waals surface area contributed by atoms with Crippen molar-refractivity contribution in [2.24, 2.45) is 0 Å². The van der Waals surface area contributed by atoms with Crippen LogP contribution in [-0.4, -0.2) is 25.5 Å². The summed E-state index contributed by atoms with van der Waals surface area (Å²) in [4.78, 5) is 15.0. The molecule has 0 spiro atoms. The van der Waals surface area contributed by atoms with Crippen molar-refractivity contribution in [1.82, 2.24) is 19.9 Å². The number of alkyl halides is 3. The Morgan fingerprint density at radius 1 is 0.867 bits per heavy atom. The number of anilines is 3. The van der Waals surface area contributed by atoms with Crippen LogP contribution in [0.1, 0.15) is 26.5 Å². The predicted molar refractivity (Wildman–Crippen MR) is 101 cm³/mol. The average Bonchev–Trinajstić information content (AvgIpc) is 2.61. The Morgan fingerprint density at radius 2 is 1.57 bits per heavy atom. The zero-order valence-corrected chi connectivity index (χ0v) is 16.1. The Hall–Kier alpha value is -3.37. The molecule has 11 heteroatoms. The molecule has 0 saturated heterocycles. The van der Waals surface area contributed by atoms with Gasteiger partial charge in [-0.05, 0) is 45.0 Å². The van der Waals surface area contributed by atoms with Gasteiger partial charge in [-0.25, -0.2) is 19.3 Å². The molecule has 0 unspecified atom stereocenters. The van der Waals surface area contributed by atoms with Gasteiger partial charge in [0.05, 0.1) is 0 Å². The summed E-state index contributed by atoms with van der Waals surface area (Å²) in [6.45, 7) is 5.55. The molecule has 0 radical (unpaired) electrons. The maximum absolute atomic E-state index is 14.2. The van der Waals surface area contributed by atoms with E-state index in [1.165, 1.54) is 12.1 Å². The van der Waals surface area contributed by atoms with Gasteiger partial charge < -0.3 is 10.6 Å². The summed E-state index contributed by atoms with van der Waals surface area (Å²) in [5.74, 6) is -1.72. The van der Waals surface area contributed by atoms with E-state index in [2.05, 4.69) is 30.6 Å². The third-order valence-corrected chi connectivity index (χ3v) is 3.58. The van der Waals surface area contributed by atoms with Crippen molar-refractivity contribution in [3.05, 3.63) is 54.0 Å². The zero-order valence-electron chi connectivity index (χ0n) is 16.1. The van der Waals surface area contributed by atoms with E-state index in [-0.39, 0.29) is 23.1 Å². The van der Waals surface area contributed by atoms with E-state index < -0.39 is 34.9 Å². The molecule has 0 aromatic carbocycles. The molecule has 3 heterocycles. The van der Waals surface area contributed by atoms with Crippen molar-refractivity contribution in [3.8, 4) is 11.5 Å². The van der Waals surface area contributed by atoms with E-state index in [9.17, 15) is 22.0 Å². The monoisotopic (exact) mass is 424 g/mol. The second-order valence-corrected chi connectivity index (χ2v) is 7.35. The fourth-order valence-corrected chi connectivity index (χ4v) is 2.45. The van der Waals surface area contributed by atoms with Gasteiger partial charge in [-0.15, -0.1) is 0 Å². The van der Waals surface area contributed by atoms with Crippen LogP contribution in [0.15, 0.2) is 36.5 Å². The molecule has 0 amide bonds. The molecule has 30 heavy (non-hydrogen) atoms. The Labute approximate surface area is 168 Å². The van der Waals surface area contributed by atoms with Crippen LogP contribution in [0.4, 0.5) is 39.3 Å². The van der Waals surface area contributed by atoms with Crippen molar-refractivity contribution in [2.75, 3.05) is 10.6 Å². The predicted octanol–water partition coefficient (Wildman–Crippen LogP) is 5.18. The molecule has 6 nitrogen and oxygen atoms in total. The zero-order chi connectivity index (χ0) is 22.1. The number of hydrogen-bond donors (Lipinski definition) is 2. The number of nitrogens with one attached hydrogen (secondary N) is 2. The van der Waals surface area contributed by atoms with Gasteiger partial charge in [0.25, 0.3) is 0 Å². The highest BCUT2D eigenvalue weighted by molar-refractivity contribution is 5.64. The summed E-state index contributed by atoms with van der Waals surface area (Å²) in [5.41, 5.74) is -1.91. The summed E-state index contributed by atoms with van der Waals surface area (Å²) < 4.78 is 66.5. The fraction of sp³-hybridized carbons (Fsp3) is 0.263. The van der Waals surface area contributed by atoms with Gasteiger partial charge in [-0.2, -0.15) is 17.6 Å². The minimum Gasteiger partial charge on any atom is -0.365 e. The van der Waals surface area contributed by atoms with Gasteiger partial charge in [0.1, 0.15) is 23.0 Å². The van der Waals surface area contributed by atoms with Crippen LogP contribution in [0.2, 0.25) is 0 Å². The van der Waals surface area contributed by atoms with Gasteiger partial charge in [0.2, 0.25) is 5.95 Å². The van der Waals surface area contributed by atoms with Crippen LogP contribution in [-0.2, 0) is 6.18 Å². The number of hydrogen-bond acceptors (Lipinski definition) is 6. The van der Waals surface area contributed by atoms with E-state index in [1.54, 1.807) is 0 Å². The van der Waals surface area contributed by atoms with Crippen LogP contribution in [0.3, 0.4) is 0 Å². The lowest BCUT2D eigenvalue weighted by Gasteiger charge is -2.22. The maximum Gasteiger partial charge on any atom is 0.433 e.